The molecule has 0 aliphatic carbocycles. The van der Waals surface area contributed by atoms with Crippen molar-refractivity contribution < 1.29 is 4.74 Å². The van der Waals surface area contributed by atoms with Gasteiger partial charge in [-0.1, -0.05) is 13.8 Å². The minimum atomic E-state index is 0.0833. The van der Waals surface area contributed by atoms with Crippen LogP contribution in [0.25, 0.3) is 0 Å². The summed E-state index contributed by atoms with van der Waals surface area (Å²) in [6.07, 6.45) is 0.118. The predicted molar refractivity (Wildman–Crippen MR) is 69.4 cm³/mol. The number of ether oxygens (including phenoxy) is 1. The third-order valence-corrected chi connectivity index (χ3v) is 3.81. The molecule has 1 heterocycles. The van der Waals surface area contributed by atoms with E-state index in [0.717, 1.165) is 0 Å². The molecule has 0 saturated carbocycles. The lowest BCUT2D eigenvalue weighted by molar-refractivity contribution is 0.00349. The summed E-state index contributed by atoms with van der Waals surface area (Å²) in [5.74, 6) is 6.11. The van der Waals surface area contributed by atoms with Crippen LogP contribution in [-0.2, 0) is 4.74 Å². The molecule has 0 amide bonds. The Labute approximate surface area is 102 Å². The summed E-state index contributed by atoms with van der Waals surface area (Å²) in [4.78, 5) is 1.27. The zero-order valence-corrected chi connectivity index (χ0v) is 11.3. The molecule has 0 aliphatic rings. The van der Waals surface area contributed by atoms with E-state index >= 15 is 0 Å². The van der Waals surface area contributed by atoms with Gasteiger partial charge in [-0.3, -0.25) is 5.84 Å². The van der Waals surface area contributed by atoms with Crippen LogP contribution in [0.3, 0.4) is 0 Å². The minimum Gasteiger partial charge on any atom is -0.376 e. The fourth-order valence-corrected chi connectivity index (χ4v) is 2.91. The number of hydrazine groups is 1. The monoisotopic (exact) mass is 242 g/mol. The van der Waals surface area contributed by atoms with Gasteiger partial charge in [0, 0.05) is 11.5 Å². The van der Waals surface area contributed by atoms with E-state index in [1.165, 1.54) is 10.4 Å². The Hall–Kier alpha value is -0.420. The normalized spacial score (nSPS) is 15.4. The van der Waals surface area contributed by atoms with E-state index < -0.39 is 0 Å². The summed E-state index contributed by atoms with van der Waals surface area (Å²) >= 11 is 1.73. The number of aryl methyl sites for hydroxylation is 1. The Morgan fingerprint density at radius 3 is 2.56 bits per heavy atom. The van der Waals surface area contributed by atoms with Crippen LogP contribution in [0.2, 0.25) is 0 Å². The summed E-state index contributed by atoms with van der Waals surface area (Å²) in [6.45, 7) is 9.16. The SMILES string of the molecule is CCOC(C(C)C)C(NN)c1sccc1C. The maximum Gasteiger partial charge on any atom is 0.0819 e. The topological polar surface area (TPSA) is 47.3 Å². The van der Waals surface area contributed by atoms with Crippen molar-refractivity contribution in [1.29, 1.82) is 0 Å². The van der Waals surface area contributed by atoms with E-state index in [2.05, 4.69) is 37.6 Å². The first-order chi connectivity index (χ1) is 7.61. The average Bonchev–Trinajstić information content (AvgIpc) is 2.65. The van der Waals surface area contributed by atoms with Gasteiger partial charge in [0.1, 0.15) is 0 Å². The Balaban J connectivity index is 2.90. The second-order valence-corrected chi connectivity index (χ2v) is 5.22. The molecule has 0 bridgehead atoms. The summed E-state index contributed by atoms with van der Waals surface area (Å²) in [5.41, 5.74) is 4.17. The number of hydrogen-bond acceptors (Lipinski definition) is 4. The lowest BCUT2D eigenvalue weighted by Gasteiger charge is -2.29. The Kier molecular flexibility index (Phi) is 5.41. The fourth-order valence-electron chi connectivity index (χ4n) is 1.89. The van der Waals surface area contributed by atoms with Crippen molar-refractivity contribution in [3.8, 4) is 0 Å². The highest BCUT2D eigenvalue weighted by Crippen LogP contribution is 2.30. The van der Waals surface area contributed by atoms with E-state index in [1.807, 2.05) is 6.92 Å². The molecule has 0 fully saturated rings. The van der Waals surface area contributed by atoms with Gasteiger partial charge in [-0.05, 0) is 36.8 Å². The molecule has 1 aromatic heterocycles. The molecule has 0 aliphatic heterocycles. The average molecular weight is 242 g/mol. The summed E-state index contributed by atoms with van der Waals surface area (Å²) in [6, 6.07) is 2.20. The van der Waals surface area contributed by atoms with E-state index in [0.29, 0.717) is 12.5 Å². The third kappa shape index (κ3) is 3.04. The second kappa shape index (κ2) is 6.35. The number of thiophene rings is 1. The molecular formula is C12H22N2OS. The van der Waals surface area contributed by atoms with Crippen molar-refractivity contribution in [2.45, 2.75) is 39.8 Å². The first-order valence-corrected chi connectivity index (χ1v) is 6.61. The molecule has 3 N–H and O–H groups in total. The molecule has 0 saturated heterocycles. The fraction of sp³-hybridized carbons (Fsp3) is 0.667. The van der Waals surface area contributed by atoms with Gasteiger partial charge in [0.05, 0.1) is 12.1 Å². The van der Waals surface area contributed by atoms with Gasteiger partial charge in [0.2, 0.25) is 0 Å². The van der Waals surface area contributed by atoms with Crippen LogP contribution in [0, 0.1) is 12.8 Å². The van der Waals surface area contributed by atoms with Crippen molar-refractivity contribution in [2.75, 3.05) is 6.61 Å². The molecule has 92 valence electrons. The minimum absolute atomic E-state index is 0.0833. The highest BCUT2D eigenvalue weighted by Gasteiger charge is 2.27. The molecule has 16 heavy (non-hydrogen) atoms. The van der Waals surface area contributed by atoms with Crippen molar-refractivity contribution in [2.24, 2.45) is 11.8 Å². The van der Waals surface area contributed by atoms with Crippen molar-refractivity contribution in [1.82, 2.24) is 5.43 Å². The summed E-state index contributed by atoms with van der Waals surface area (Å²) in [7, 11) is 0. The molecule has 1 aromatic rings. The van der Waals surface area contributed by atoms with E-state index in [1.54, 1.807) is 11.3 Å². The molecule has 1 rings (SSSR count). The first kappa shape index (κ1) is 13.6. The van der Waals surface area contributed by atoms with Crippen LogP contribution in [-0.4, -0.2) is 12.7 Å². The van der Waals surface area contributed by atoms with Crippen molar-refractivity contribution >= 4 is 11.3 Å². The van der Waals surface area contributed by atoms with Gasteiger partial charge in [-0.2, -0.15) is 0 Å². The highest BCUT2D eigenvalue weighted by molar-refractivity contribution is 7.10. The largest absolute Gasteiger partial charge is 0.376 e. The van der Waals surface area contributed by atoms with Gasteiger partial charge in [-0.25, -0.2) is 5.43 Å². The summed E-state index contributed by atoms with van der Waals surface area (Å²) in [5, 5.41) is 2.10. The van der Waals surface area contributed by atoms with Crippen LogP contribution in [0.4, 0.5) is 0 Å². The van der Waals surface area contributed by atoms with Gasteiger partial charge < -0.3 is 4.74 Å². The van der Waals surface area contributed by atoms with Crippen molar-refractivity contribution in [3.63, 3.8) is 0 Å². The second-order valence-electron chi connectivity index (χ2n) is 4.28. The van der Waals surface area contributed by atoms with Gasteiger partial charge >= 0.3 is 0 Å². The quantitative estimate of drug-likeness (QED) is 0.595. The van der Waals surface area contributed by atoms with E-state index in [-0.39, 0.29) is 12.1 Å². The maximum atomic E-state index is 5.80. The maximum absolute atomic E-state index is 5.80. The Morgan fingerprint density at radius 2 is 2.19 bits per heavy atom. The first-order valence-electron chi connectivity index (χ1n) is 5.73. The molecule has 3 nitrogen and oxygen atoms in total. The summed E-state index contributed by atoms with van der Waals surface area (Å²) < 4.78 is 5.80. The Morgan fingerprint density at radius 1 is 1.50 bits per heavy atom. The molecule has 0 radical (unpaired) electrons. The molecule has 4 heteroatoms. The van der Waals surface area contributed by atoms with E-state index in [4.69, 9.17) is 10.6 Å². The molecule has 0 aromatic carbocycles. The van der Waals surface area contributed by atoms with Gasteiger partial charge in [0.15, 0.2) is 0 Å². The molecule has 2 atom stereocenters. The smallest absolute Gasteiger partial charge is 0.0819 e. The van der Waals surface area contributed by atoms with E-state index in [9.17, 15) is 0 Å². The molecule has 2 unspecified atom stereocenters. The Bertz CT molecular complexity index is 312. The van der Waals surface area contributed by atoms with Crippen LogP contribution >= 0.6 is 11.3 Å². The number of nitrogens with two attached hydrogens (primary N) is 1. The number of nitrogens with one attached hydrogen (secondary N) is 1. The van der Waals surface area contributed by atoms with Crippen LogP contribution < -0.4 is 11.3 Å². The lowest BCUT2D eigenvalue weighted by atomic mass is 9.97. The van der Waals surface area contributed by atoms with Crippen LogP contribution in [0.1, 0.15) is 37.3 Å². The number of rotatable bonds is 6. The third-order valence-electron chi connectivity index (χ3n) is 2.71. The predicted octanol–water partition coefficient (Wildman–Crippen LogP) is 2.62. The molecular weight excluding hydrogens is 220 g/mol. The molecule has 0 spiro atoms. The number of hydrogen-bond donors (Lipinski definition) is 2. The van der Waals surface area contributed by atoms with Crippen molar-refractivity contribution in [3.05, 3.63) is 21.9 Å². The standard InChI is InChI=1S/C12H22N2OS/c1-5-15-11(8(2)3)10(14-13)12-9(4)6-7-16-12/h6-8,10-11,14H,5,13H2,1-4H3. The van der Waals surface area contributed by atoms with Crippen LogP contribution in [0.5, 0.6) is 0 Å². The zero-order valence-electron chi connectivity index (χ0n) is 10.5. The zero-order chi connectivity index (χ0) is 12.1. The van der Waals surface area contributed by atoms with Gasteiger partial charge in [-0.15, -0.1) is 11.3 Å². The lowest BCUT2D eigenvalue weighted by Crippen LogP contribution is -2.40. The van der Waals surface area contributed by atoms with Gasteiger partial charge in [0.25, 0.3) is 0 Å². The van der Waals surface area contributed by atoms with Crippen LogP contribution in [0.15, 0.2) is 11.4 Å². The highest BCUT2D eigenvalue weighted by atomic mass is 32.1.